The molecular formula is C13H15BrN2S2. The molecule has 1 atom stereocenters. The van der Waals surface area contributed by atoms with Crippen molar-refractivity contribution in [2.24, 2.45) is 5.73 Å². The quantitative estimate of drug-likeness (QED) is 0.838. The summed E-state index contributed by atoms with van der Waals surface area (Å²) in [5, 5.41) is 3.21. The highest BCUT2D eigenvalue weighted by molar-refractivity contribution is 9.10. The molecule has 0 spiro atoms. The highest BCUT2D eigenvalue weighted by atomic mass is 79.9. The highest BCUT2D eigenvalue weighted by Gasteiger charge is 2.07. The average molecular weight is 343 g/mol. The Morgan fingerprint density at radius 2 is 2.11 bits per heavy atom. The van der Waals surface area contributed by atoms with Crippen LogP contribution in [-0.2, 0) is 6.42 Å². The minimum absolute atomic E-state index is 0.153. The predicted octanol–water partition coefficient (Wildman–Crippen LogP) is 3.88. The van der Waals surface area contributed by atoms with E-state index in [1.165, 1.54) is 4.90 Å². The van der Waals surface area contributed by atoms with Gasteiger partial charge in [0.1, 0.15) is 0 Å². The summed E-state index contributed by atoms with van der Waals surface area (Å²) in [5.41, 5.74) is 7.24. The molecule has 0 fully saturated rings. The molecule has 0 aliphatic carbocycles. The van der Waals surface area contributed by atoms with E-state index in [9.17, 15) is 0 Å². The van der Waals surface area contributed by atoms with Gasteiger partial charge >= 0.3 is 0 Å². The zero-order valence-electron chi connectivity index (χ0n) is 10.1. The van der Waals surface area contributed by atoms with Gasteiger partial charge in [0, 0.05) is 33.0 Å². The van der Waals surface area contributed by atoms with Crippen LogP contribution in [0.1, 0.15) is 10.7 Å². The van der Waals surface area contributed by atoms with Crippen LogP contribution in [0.3, 0.4) is 0 Å². The zero-order chi connectivity index (χ0) is 13.0. The number of thioether (sulfide) groups is 1. The molecule has 1 aromatic carbocycles. The Bertz CT molecular complexity index is 496. The Kier molecular flexibility index (Phi) is 5.24. The molecule has 0 aliphatic heterocycles. The van der Waals surface area contributed by atoms with Crippen molar-refractivity contribution in [3.63, 3.8) is 0 Å². The van der Waals surface area contributed by atoms with E-state index >= 15 is 0 Å². The van der Waals surface area contributed by atoms with Crippen molar-refractivity contribution in [2.45, 2.75) is 24.3 Å². The Balaban J connectivity index is 1.81. The maximum absolute atomic E-state index is 6.13. The number of hydrogen-bond donors (Lipinski definition) is 1. The van der Waals surface area contributed by atoms with Crippen LogP contribution >= 0.6 is 39.0 Å². The van der Waals surface area contributed by atoms with Crippen molar-refractivity contribution in [3.8, 4) is 0 Å². The molecule has 2 N–H and O–H groups in total. The molecule has 5 heteroatoms. The number of nitrogens with zero attached hydrogens (tertiary/aromatic N) is 1. The summed E-state index contributed by atoms with van der Waals surface area (Å²) >= 11 is 6.91. The maximum atomic E-state index is 6.13. The van der Waals surface area contributed by atoms with Gasteiger partial charge in [-0.2, -0.15) is 0 Å². The SMILES string of the molecule is Cc1nc(CC(N)CSc2ccc(Br)cc2)cs1. The molecule has 0 bridgehead atoms. The van der Waals surface area contributed by atoms with E-state index in [1.807, 2.05) is 6.92 Å². The van der Waals surface area contributed by atoms with Gasteiger partial charge < -0.3 is 5.73 Å². The lowest BCUT2D eigenvalue weighted by atomic mass is 10.2. The lowest BCUT2D eigenvalue weighted by Crippen LogP contribution is -2.25. The zero-order valence-corrected chi connectivity index (χ0v) is 13.3. The van der Waals surface area contributed by atoms with Crippen LogP contribution in [0.25, 0.3) is 0 Å². The molecule has 0 amide bonds. The summed E-state index contributed by atoms with van der Waals surface area (Å²) < 4.78 is 1.11. The normalized spacial score (nSPS) is 12.6. The Labute approximate surface area is 124 Å². The Hall–Kier alpha value is -0.360. The van der Waals surface area contributed by atoms with Crippen LogP contribution in [0, 0.1) is 6.92 Å². The summed E-state index contributed by atoms with van der Waals surface area (Å²) in [5.74, 6) is 0.915. The summed E-state index contributed by atoms with van der Waals surface area (Å²) in [6.45, 7) is 2.02. The number of hydrogen-bond acceptors (Lipinski definition) is 4. The molecule has 96 valence electrons. The number of thiazole rings is 1. The van der Waals surface area contributed by atoms with Crippen LogP contribution in [-0.4, -0.2) is 16.8 Å². The monoisotopic (exact) mass is 342 g/mol. The van der Waals surface area contributed by atoms with Crippen molar-refractivity contribution in [2.75, 3.05) is 5.75 Å². The van der Waals surface area contributed by atoms with E-state index in [2.05, 4.69) is 50.6 Å². The second-order valence-corrected chi connectivity index (χ2v) is 7.16. The largest absolute Gasteiger partial charge is 0.327 e. The van der Waals surface area contributed by atoms with E-state index in [4.69, 9.17) is 5.73 Å². The Morgan fingerprint density at radius 1 is 1.39 bits per heavy atom. The van der Waals surface area contributed by atoms with Crippen LogP contribution in [0.5, 0.6) is 0 Å². The van der Waals surface area contributed by atoms with Gasteiger partial charge in [-0.25, -0.2) is 4.98 Å². The van der Waals surface area contributed by atoms with Gasteiger partial charge in [-0.3, -0.25) is 0 Å². The maximum Gasteiger partial charge on any atom is 0.0897 e. The summed E-state index contributed by atoms with van der Waals surface area (Å²) in [7, 11) is 0. The average Bonchev–Trinajstić information content (AvgIpc) is 2.74. The third kappa shape index (κ3) is 4.39. The van der Waals surface area contributed by atoms with Gasteiger partial charge in [-0.15, -0.1) is 23.1 Å². The van der Waals surface area contributed by atoms with E-state index in [1.54, 1.807) is 23.1 Å². The molecule has 1 aromatic heterocycles. The fourth-order valence-corrected chi connectivity index (χ4v) is 3.31. The van der Waals surface area contributed by atoms with Crippen LogP contribution in [0.2, 0.25) is 0 Å². The number of nitrogens with two attached hydrogens (primary N) is 1. The molecule has 0 saturated heterocycles. The first-order chi connectivity index (χ1) is 8.63. The molecule has 2 nitrogen and oxygen atoms in total. The van der Waals surface area contributed by atoms with Gasteiger partial charge in [0.2, 0.25) is 0 Å². The number of halogens is 1. The Morgan fingerprint density at radius 3 is 2.72 bits per heavy atom. The van der Waals surface area contributed by atoms with E-state index in [0.717, 1.165) is 27.3 Å². The number of rotatable bonds is 5. The van der Waals surface area contributed by atoms with Gasteiger partial charge in [-0.05, 0) is 31.2 Å². The lowest BCUT2D eigenvalue weighted by molar-refractivity contribution is 0.734. The van der Waals surface area contributed by atoms with Crippen molar-refractivity contribution in [1.29, 1.82) is 0 Å². The van der Waals surface area contributed by atoms with Crippen molar-refractivity contribution in [1.82, 2.24) is 4.98 Å². The molecule has 0 radical (unpaired) electrons. The topological polar surface area (TPSA) is 38.9 Å². The molecule has 18 heavy (non-hydrogen) atoms. The van der Waals surface area contributed by atoms with Gasteiger partial charge in [0.25, 0.3) is 0 Å². The van der Waals surface area contributed by atoms with Gasteiger partial charge in [0.15, 0.2) is 0 Å². The predicted molar refractivity (Wildman–Crippen MR) is 83.4 cm³/mol. The first kappa shape index (κ1) is 14.1. The molecule has 2 aromatic rings. The highest BCUT2D eigenvalue weighted by Crippen LogP contribution is 2.21. The van der Waals surface area contributed by atoms with E-state index in [-0.39, 0.29) is 6.04 Å². The minimum Gasteiger partial charge on any atom is -0.327 e. The first-order valence-corrected chi connectivity index (χ1v) is 8.34. The van der Waals surface area contributed by atoms with Gasteiger partial charge in [-0.1, -0.05) is 15.9 Å². The van der Waals surface area contributed by atoms with Crippen molar-refractivity contribution >= 4 is 39.0 Å². The number of aromatic nitrogens is 1. The fraction of sp³-hybridized carbons (Fsp3) is 0.308. The van der Waals surface area contributed by atoms with Gasteiger partial charge in [0.05, 0.1) is 10.7 Å². The molecular weight excluding hydrogens is 328 g/mol. The number of aryl methyl sites for hydroxylation is 1. The third-order valence-electron chi connectivity index (χ3n) is 2.42. The standard InChI is InChI=1S/C13H15BrN2S2/c1-9-16-12(8-17-9)6-11(15)7-18-13-4-2-10(14)3-5-13/h2-5,8,11H,6-7,15H2,1H3. The third-order valence-corrected chi connectivity index (χ3v) is 4.97. The van der Waals surface area contributed by atoms with E-state index < -0.39 is 0 Å². The summed E-state index contributed by atoms with van der Waals surface area (Å²) in [6, 6.07) is 8.47. The molecule has 2 rings (SSSR count). The minimum atomic E-state index is 0.153. The molecule has 0 aliphatic rings. The molecule has 0 saturated carbocycles. The second-order valence-electron chi connectivity index (χ2n) is 4.09. The lowest BCUT2D eigenvalue weighted by Gasteiger charge is -2.09. The molecule has 1 heterocycles. The van der Waals surface area contributed by atoms with Crippen molar-refractivity contribution < 1.29 is 0 Å². The smallest absolute Gasteiger partial charge is 0.0897 e. The fourth-order valence-electron chi connectivity index (χ4n) is 1.56. The second kappa shape index (κ2) is 6.70. The molecule has 1 unspecified atom stereocenters. The van der Waals surface area contributed by atoms with Crippen molar-refractivity contribution in [3.05, 3.63) is 44.8 Å². The first-order valence-electron chi connectivity index (χ1n) is 5.68. The number of benzene rings is 1. The van der Waals surface area contributed by atoms with Crippen LogP contribution in [0.4, 0.5) is 0 Å². The summed E-state index contributed by atoms with van der Waals surface area (Å²) in [6.07, 6.45) is 0.855. The van der Waals surface area contributed by atoms with Crippen LogP contribution < -0.4 is 5.73 Å². The summed E-state index contributed by atoms with van der Waals surface area (Å²) in [4.78, 5) is 5.69. The van der Waals surface area contributed by atoms with E-state index in [0.29, 0.717) is 0 Å². The van der Waals surface area contributed by atoms with Crippen LogP contribution in [0.15, 0.2) is 39.0 Å².